The third-order valence-electron chi connectivity index (χ3n) is 6.50. The summed E-state index contributed by atoms with van der Waals surface area (Å²) in [4.78, 5) is 0. The molecule has 2 aliphatic carbocycles. The van der Waals surface area contributed by atoms with Gasteiger partial charge in [-0.25, -0.2) is 0 Å². The van der Waals surface area contributed by atoms with Gasteiger partial charge in [0.2, 0.25) is 0 Å². The fourth-order valence-electron chi connectivity index (χ4n) is 5.88. The Labute approximate surface area is 191 Å². The van der Waals surface area contributed by atoms with Gasteiger partial charge in [-0.1, -0.05) is 0 Å². The zero-order valence-corrected chi connectivity index (χ0v) is 23.4. The summed E-state index contributed by atoms with van der Waals surface area (Å²) in [6.45, 7) is 19.8. The van der Waals surface area contributed by atoms with E-state index in [4.69, 9.17) is 0 Å². The van der Waals surface area contributed by atoms with Crippen LogP contribution in [0.5, 0.6) is 0 Å². The Hall–Kier alpha value is -0.980. The maximum atomic E-state index is 2.54. The van der Waals surface area contributed by atoms with E-state index in [0.29, 0.717) is 13.7 Å². The number of fused-ring (bicyclic) bond motifs is 3. The number of benzene rings is 2. The second-order valence-electron chi connectivity index (χ2n) is 11.2. The molecular weight excluding hydrogens is 456 g/mol. The number of hydrogen-bond donors (Lipinski definition) is 0. The Kier molecular flexibility index (Phi) is 5.82. The first-order valence-corrected chi connectivity index (χ1v) is 19.1. The van der Waals surface area contributed by atoms with E-state index in [9.17, 15) is 0 Å². The van der Waals surface area contributed by atoms with Gasteiger partial charge in [-0.15, -0.1) is 0 Å². The van der Waals surface area contributed by atoms with Crippen molar-refractivity contribution in [3.63, 3.8) is 0 Å². The SMILES string of the molecule is Cc1ccc2c(c1)[CH]([Zr]([C]1=CC=CC1)=[Si](C(C)(C)C)C(C)(C)C)c1cc(C)ccc1-2. The van der Waals surface area contributed by atoms with Crippen LogP contribution in [0.25, 0.3) is 11.1 Å². The Bertz CT molecular complexity index is 1030. The molecule has 0 heterocycles. The van der Waals surface area contributed by atoms with Crippen LogP contribution in [0.4, 0.5) is 0 Å². The summed E-state index contributed by atoms with van der Waals surface area (Å²) in [6.07, 6.45) is 8.47. The summed E-state index contributed by atoms with van der Waals surface area (Å²) < 4.78 is 2.51. The van der Waals surface area contributed by atoms with Crippen LogP contribution in [0.3, 0.4) is 0 Å². The fourth-order valence-corrected chi connectivity index (χ4v) is 34.8. The van der Waals surface area contributed by atoms with Crippen molar-refractivity contribution in [2.24, 2.45) is 0 Å². The molecular formula is C28H36SiZr. The molecule has 0 N–H and O–H groups in total. The molecule has 4 rings (SSSR count). The molecule has 0 saturated carbocycles. The molecule has 2 aliphatic rings. The third kappa shape index (κ3) is 3.95. The molecule has 0 radical (unpaired) electrons. The first-order chi connectivity index (χ1) is 14.0. The maximum absolute atomic E-state index is 2.54. The molecule has 0 spiro atoms. The first kappa shape index (κ1) is 22.2. The van der Waals surface area contributed by atoms with E-state index in [-0.39, 0.29) is 0 Å². The minimum absolute atomic E-state index is 0.400. The van der Waals surface area contributed by atoms with Gasteiger partial charge in [-0.2, -0.15) is 0 Å². The van der Waals surface area contributed by atoms with Gasteiger partial charge in [0.05, 0.1) is 0 Å². The van der Waals surface area contributed by atoms with Crippen LogP contribution in [0.15, 0.2) is 57.9 Å². The van der Waals surface area contributed by atoms with Crippen LogP contribution < -0.4 is 0 Å². The molecule has 0 unspecified atom stereocenters. The van der Waals surface area contributed by atoms with E-state index >= 15 is 0 Å². The van der Waals surface area contributed by atoms with Gasteiger partial charge in [0.15, 0.2) is 0 Å². The molecule has 0 aromatic heterocycles. The van der Waals surface area contributed by atoms with Gasteiger partial charge >= 0.3 is 193 Å². The van der Waals surface area contributed by atoms with Crippen molar-refractivity contribution in [1.82, 2.24) is 0 Å². The Balaban J connectivity index is 2.12. The van der Waals surface area contributed by atoms with Gasteiger partial charge in [0, 0.05) is 0 Å². The summed E-state index contributed by atoms with van der Waals surface area (Å²) in [6, 6.07) is 14.5. The van der Waals surface area contributed by atoms with E-state index in [0.717, 1.165) is 0 Å². The predicted octanol–water partition coefficient (Wildman–Crippen LogP) is 8.43. The summed E-state index contributed by atoms with van der Waals surface area (Å²) in [5, 5.41) is 0.801. The van der Waals surface area contributed by atoms with Crippen LogP contribution in [0.1, 0.15) is 73.8 Å². The second kappa shape index (κ2) is 7.86. The Morgan fingerprint density at radius 3 is 1.70 bits per heavy atom. The average molecular weight is 492 g/mol. The molecule has 0 fully saturated rings. The molecule has 0 nitrogen and oxygen atoms in total. The Morgan fingerprint density at radius 2 is 1.30 bits per heavy atom. The summed E-state index contributed by atoms with van der Waals surface area (Å²) in [5.74, 6) is 0. The van der Waals surface area contributed by atoms with Crippen molar-refractivity contribution in [1.29, 1.82) is 0 Å². The second-order valence-corrected chi connectivity index (χ2v) is 26.9. The van der Waals surface area contributed by atoms with Crippen LogP contribution in [0, 0.1) is 13.8 Å². The topological polar surface area (TPSA) is 0 Å². The quantitative estimate of drug-likeness (QED) is 0.370. The van der Waals surface area contributed by atoms with Gasteiger partial charge in [0.1, 0.15) is 0 Å². The van der Waals surface area contributed by atoms with Crippen LogP contribution >= 0.6 is 0 Å². The van der Waals surface area contributed by atoms with E-state index in [1.807, 2.05) is 3.28 Å². The molecule has 0 saturated heterocycles. The summed E-state index contributed by atoms with van der Waals surface area (Å²) in [7, 11) is 0. The van der Waals surface area contributed by atoms with Gasteiger partial charge in [0.25, 0.3) is 0 Å². The van der Waals surface area contributed by atoms with E-state index in [2.05, 4.69) is 110 Å². The predicted molar refractivity (Wildman–Crippen MR) is 130 cm³/mol. The summed E-state index contributed by atoms with van der Waals surface area (Å²) in [5.41, 5.74) is 8.53. The van der Waals surface area contributed by atoms with Crippen LogP contribution in [0.2, 0.25) is 10.1 Å². The van der Waals surface area contributed by atoms with Gasteiger partial charge < -0.3 is 0 Å². The summed E-state index contributed by atoms with van der Waals surface area (Å²) >= 11 is -2.11. The molecule has 156 valence electrons. The molecule has 2 aromatic carbocycles. The van der Waals surface area contributed by atoms with E-state index in [1.165, 1.54) is 28.7 Å². The number of aryl methyl sites for hydroxylation is 2. The monoisotopic (exact) mass is 490 g/mol. The van der Waals surface area contributed by atoms with E-state index < -0.39 is 25.8 Å². The number of hydrogen-bond acceptors (Lipinski definition) is 0. The van der Waals surface area contributed by atoms with Crippen molar-refractivity contribution in [2.45, 2.75) is 75.5 Å². The fraction of sp³-hybridized carbons (Fsp3) is 0.429. The first-order valence-electron chi connectivity index (χ1n) is 11.3. The molecule has 30 heavy (non-hydrogen) atoms. The van der Waals surface area contributed by atoms with Crippen molar-refractivity contribution < 1.29 is 20.4 Å². The van der Waals surface area contributed by atoms with Gasteiger partial charge in [-0.05, 0) is 0 Å². The van der Waals surface area contributed by atoms with Crippen LogP contribution in [-0.4, -0.2) is 5.43 Å². The number of allylic oxidation sites excluding steroid dienone is 4. The zero-order valence-electron chi connectivity index (χ0n) is 20.0. The van der Waals surface area contributed by atoms with Crippen molar-refractivity contribution >= 4 is 5.43 Å². The van der Waals surface area contributed by atoms with E-state index in [1.54, 1.807) is 11.1 Å². The van der Waals surface area contributed by atoms with Gasteiger partial charge in [-0.3, -0.25) is 0 Å². The number of rotatable bonds is 2. The molecule has 0 atom stereocenters. The van der Waals surface area contributed by atoms with Crippen molar-refractivity contribution in [2.75, 3.05) is 0 Å². The molecule has 0 bridgehead atoms. The normalized spacial score (nSPS) is 15.8. The molecule has 2 aromatic rings. The molecule has 2 heteroatoms. The standard InChI is InChI=1S/C15H13.C8H18Si.C5H5.Zr/c1-10-3-5-14-12(7-10)9-13-8-11(2)4-6-15(13)14;1-7(2,3)9-8(4,5)6;1-2-4-5-3-1;/h3-9H,1-2H3;1-6H3;1-3H,4H2;. The van der Waals surface area contributed by atoms with Crippen molar-refractivity contribution in [3.05, 3.63) is 80.2 Å². The molecule has 0 aliphatic heterocycles. The third-order valence-corrected chi connectivity index (χ3v) is 34.2. The molecule has 0 amide bonds. The minimum atomic E-state index is -2.11. The average Bonchev–Trinajstić information content (AvgIpc) is 3.23. The van der Waals surface area contributed by atoms with Crippen LogP contribution in [-0.2, 0) is 20.4 Å². The van der Waals surface area contributed by atoms with Crippen molar-refractivity contribution in [3.8, 4) is 11.1 Å². The zero-order chi connectivity index (χ0) is 21.8. The Morgan fingerprint density at radius 1 is 0.800 bits per heavy atom.